The van der Waals surface area contributed by atoms with Crippen LogP contribution in [-0.4, -0.2) is 43.7 Å². The van der Waals surface area contributed by atoms with Gasteiger partial charge in [-0.1, -0.05) is 22.9 Å². The zero-order chi connectivity index (χ0) is 24.0. The van der Waals surface area contributed by atoms with E-state index in [4.69, 9.17) is 17.3 Å². The molecule has 2 atom stereocenters. The van der Waals surface area contributed by atoms with Crippen LogP contribution in [0.5, 0.6) is 0 Å². The maximum absolute atomic E-state index is 13.1. The Morgan fingerprint density at radius 3 is 2.85 bits per heavy atom. The molecule has 0 radical (unpaired) electrons. The van der Waals surface area contributed by atoms with Crippen molar-refractivity contribution in [3.8, 4) is 11.3 Å². The van der Waals surface area contributed by atoms with Crippen LogP contribution in [0.1, 0.15) is 18.0 Å². The molecule has 1 saturated heterocycles. The number of carbonyl (C=O) groups excluding carboxylic acids is 1. The maximum atomic E-state index is 13.1. The van der Waals surface area contributed by atoms with Gasteiger partial charge in [-0.25, -0.2) is 4.68 Å². The minimum Gasteiger partial charge on any atom is -0.382 e. The van der Waals surface area contributed by atoms with E-state index >= 15 is 0 Å². The first-order chi connectivity index (χ1) is 16.2. The molecular formula is C21H18ClF3N8O. The summed E-state index contributed by atoms with van der Waals surface area (Å²) in [5, 5.41) is 21.2. The first-order valence-electron chi connectivity index (χ1n) is 10.3. The molecule has 1 fully saturated rings. The van der Waals surface area contributed by atoms with Crippen molar-refractivity contribution in [2.45, 2.75) is 24.7 Å². The predicted molar refractivity (Wildman–Crippen MR) is 120 cm³/mol. The Morgan fingerprint density at radius 2 is 2.06 bits per heavy atom. The molecule has 5 rings (SSSR count). The molecule has 0 saturated carbocycles. The summed E-state index contributed by atoms with van der Waals surface area (Å²) < 4.78 is 40.9. The van der Waals surface area contributed by atoms with Gasteiger partial charge in [0.2, 0.25) is 5.91 Å². The Kier molecular flexibility index (Phi) is 5.41. The summed E-state index contributed by atoms with van der Waals surface area (Å²) in [4.78, 5) is 12.6. The van der Waals surface area contributed by atoms with Crippen molar-refractivity contribution in [3.05, 3.63) is 53.2 Å². The van der Waals surface area contributed by atoms with Crippen LogP contribution >= 0.6 is 11.6 Å². The van der Waals surface area contributed by atoms with Gasteiger partial charge in [-0.05, 0) is 36.8 Å². The van der Waals surface area contributed by atoms with Gasteiger partial charge in [-0.3, -0.25) is 9.89 Å². The first-order valence-corrected chi connectivity index (χ1v) is 10.6. The third-order valence-corrected chi connectivity index (χ3v) is 6.07. The number of alkyl halides is 3. The van der Waals surface area contributed by atoms with E-state index in [1.54, 1.807) is 10.9 Å². The second kappa shape index (κ2) is 8.29. The second-order valence-corrected chi connectivity index (χ2v) is 8.39. The van der Waals surface area contributed by atoms with Gasteiger partial charge < -0.3 is 16.4 Å². The maximum Gasteiger partial charge on any atom is 0.417 e. The molecule has 0 bridgehead atoms. The van der Waals surface area contributed by atoms with Crippen molar-refractivity contribution in [2.24, 2.45) is 0 Å². The van der Waals surface area contributed by atoms with Crippen LogP contribution < -0.4 is 16.4 Å². The molecule has 2 aromatic heterocycles. The number of benzene rings is 2. The standard InChI is InChI=1S/C21H18ClF3N8O/c22-15-4-2-11(6-14(15)21(23,24)25)28-20(34)17-7-12(8-27-17)33-9-18(30-32-33)10-1-3-13-16(5-10)29-31-19(13)26/h1-6,9,12,17,27H,7-8H2,(H,28,34)(H3,26,29,31)/t12-,17-/m0/s1. The SMILES string of the molecule is Nc1n[nH]c2cc(-c3cn([C@@H]4CN[C@H](C(=O)Nc5ccc(Cl)c(C(F)(F)F)c5)C4)nn3)ccc12. The third-order valence-electron chi connectivity index (χ3n) is 5.74. The Labute approximate surface area is 195 Å². The zero-order valence-electron chi connectivity index (χ0n) is 17.4. The molecule has 34 heavy (non-hydrogen) atoms. The Balaban J connectivity index is 1.26. The molecule has 4 aromatic rings. The average Bonchev–Trinajstić information content (AvgIpc) is 3.54. The number of carbonyl (C=O) groups is 1. The minimum atomic E-state index is -4.62. The van der Waals surface area contributed by atoms with Crippen molar-refractivity contribution in [1.82, 2.24) is 30.5 Å². The number of H-pyrrole nitrogens is 1. The van der Waals surface area contributed by atoms with Gasteiger partial charge in [-0.15, -0.1) is 5.10 Å². The number of fused-ring (bicyclic) bond motifs is 1. The fourth-order valence-corrected chi connectivity index (χ4v) is 4.18. The van der Waals surface area contributed by atoms with Crippen molar-refractivity contribution >= 4 is 39.9 Å². The molecule has 0 spiro atoms. The van der Waals surface area contributed by atoms with Gasteiger partial charge >= 0.3 is 6.18 Å². The van der Waals surface area contributed by atoms with Crippen LogP contribution in [0.15, 0.2) is 42.6 Å². The van der Waals surface area contributed by atoms with E-state index in [2.05, 4.69) is 31.1 Å². The highest BCUT2D eigenvalue weighted by Gasteiger charge is 2.34. The molecular weight excluding hydrogens is 473 g/mol. The number of nitrogen functional groups attached to an aromatic ring is 1. The Morgan fingerprint density at radius 1 is 1.24 bits per heavy atom. The van der Waals surface area contributed by atoms with Crippen LogP contribution in [-0.2, 0) is 11.0 Å². The molecule has 2 aromatic carbocycles. The van der Waals surface area contributed by atoms with Crippen LogP contribution in [0.4, 0.5) is 24.7 Å². The number of nitrogens with one attached hydrogen (secondary N) is 3. The van der Waals surface area contributed by atoms with Crippen molar-refractivity contribution in [1.29, 1.82) is 0 Å². The zero-order valence-corrected chi connectivity index (χ0v) is 18.2. The molecule has 1 aliphatic heterocycles. The van der Waals surface area contributed by atoms with Crippen LogP contribution in [0.2, 0.25) is 5.02 Å². The summed E-state index contributed by atoms with van der Waals surface area (Å²) in [5.41, 5.74) is 7.06. The second-order valence-electron chi connectivity index (χ2n) is 7.98. The van der Waals surface area contributed by atoms with Gasteiger partial charge in [-0.2, -0.15) is 18.3 Å². The number of rotatable bonds is 4. The molecule has 1 amide bonds. The number of nitrogens with zero attached hydrogens (tertiary/aromatic N) is 4. The van der Waals surface area contributed by atoms with E-state index in [0.29, 0.717) is 24.5 Å². The molecule has 176 valence electrons. The molecule has 0 aliphatic carbocycles. The van der Waals surface area contributed by atoms with Crippen LogP contribution in [0.25, 0.3) is 22.2 Å². The van der Waals surface area contributed by atoms with Gasteiger partial charge in [0.1, 0.15) is 5.69 Å². The van der Waals surface area contributed by atoms with Crippen molar-refractivity contribution < 1.29 is 18.0 Å². The van der Waals surface area contributed by atoms with Gasteiger partial charge in [0.05, 0.1) is 34.4 Å². The molecule has 13 heteroatoms. The number of amides is 1. The number of anilines is 2. The number of hydrogen-bond donors (Lipinski definition) is 4. The van der Waals surface area contributed by atoms with E-state index in [1.165, 1.54) is 6.07 Å². The number of nitrogens with two attached hydrogens (primary N) is 1. The van der Waals surface area contributed by atoms with Crippen molar-refractivity contribution in [3.63, 3.8) is 0 Å². The topological polar surface area (TPSA) is 127 Å². The highest BCUT2D eigenvalue weighted by Crippen LogP contribution is 2.36. The lowest BCUT2D eigenvalue weighted by Gasteiger charge is -2.14. The molecule has 5 N–H and O–H groups in total. The number of hydrogen-bond acceptors (Lipinski definition) is 6. The van der Waals surface area contributed by atoms with Crippen LogP contribution in [0.3, 0.4) is 0 Å². The largest absolute Gasteiger partial charge is 0.417 e. The smallest absolute Gasteiger partial charge is 0.382 e. The van der Waals surface area contributed by atoms with Gasteiger partial charge in [0.15, 0.2) is 5.82 Å². The monoisotopic (exact) mass is 490 g/mol. The highest BCUT2D eigenvalue weighted by molar-refractivity contribution is 6.31. The third kappa shape index (κ3) is 4.17. The summed E-state index contributed by atoms with van der Waals surface area (Å²) >= 11 is 5.64. The summed E-state index contributed by atoms with van der Waals surface area (Å²) in [5.74, 6) is -0.0274. The molecule has 3 heterocycles. The summed E-state index contributed by atoms with van der Waals surface area (Å²) in [6, 6.07) is 8.09. The van der Waals surface area contributed by atoms with E-state index in [0.717, 1.165) is 28.6 Å². The van der Waals surface area contributed by atoms with E-state index in [-0.39, 0.29) is 11.7 Å². The lowest BCUT2D eigenvalue weighted by Crippen LogP contribution is -2.35. The fraction of sp³-hybridized carbons (Fsp3) is 0.238. The number of aromatic amines is 1. The number of aromatic nitrogens is 5. The first kappa shape index (κ1) is 22.2. The average molecular weight is 491 g/mol. The minimum absolute atomic E-state index is 0.0184. The summed E-state index contributed by atoms with van der Waals surface area (Å²) in [7, 11) is 0. The fourth-order valence-electron chi connectivity index (χ4n) is 3.96. The highest BCUT2D eigenvalue weighted by atomic mass is 35.5. The molecule has 1 aliphatic rings. The quantitative estimate of drug-likeness (QED) is 0.346. The lowest BCUT2D eigenvalue weighted by molar-refractivity contribution is -0.137. The van der Waals surface area contributed by atoms with E-state index in [9.17, 15) is 18.0 Å². The Bertz CT molecular complexity index is 1380. The van der Waals surface area contributed by atoms with Gasteiger partial charge in [0.25, 0.3) is 0 Å². The predicted octanol–water partition coefficient (Wildman–Crippen LogP) is 3.62. The van der Waals surface area contributed by atoms with Gasteiger partial charge in [0, 0.05) is 23.2 Å². The van der Waals surface area contributed by atoms with Crippen LogP contribution in [0, 0.1) is 0 Å². The normalized spacial score (nSPS) is 18.5. The van der Waals surface area contributed by atoms with Crippen molar-refractivity contribution in [2.75, 3.05) is 17.6 Å². The molecule has 0 unspecified atom stereocenters. The summed E-state index contributed by atoms with van der Waals surface area (Å²) in [6.07, 6.45) is -2.44. The summed E-state index contributed by atoms with van der Waals surface area (Å²) in [6.45, 7) is 0.450. The Hall–Kier alpha value is -3.64. The van der Waals surface area contributed by atoms with E-state index in [1.807, 2.05) is 18.2 Å². The molecule has 9 nitrogen and oxygen atoms in total. The van der Waals surface area contributed by atoms with E-state index < -0.39 is 28.7 Å². The number of halogens is 4. The lowest BCUT2D eigenvalue weighted by atomic mass is 10.1.